The highest BCUT2D eigenvalue weighted by molar-refractivity contribution is 5.85. The molecule has 0 bridgehead atoms. The minimum Gasteiger partial charge on any atom is -0.743 e. The van der Waals surface area contributed by atoms with Gasteiger partial charge in [0.25, 0.3) is 5.91 Å². The fourth-order valence-corrected chi connectivity index (χ4v) is 2.65. The molecule has 2 rings (SSSR count). The van der Waals surface area contributed by atoms with Crippen molar-refractivity contribution in [3.05, 3.63) is 5.21 Å². The topological polar surface area (TPSA) is 72.9 Å². The first-order valence-corrected chi connectivity index (χ1v) is 6.33. The maximum Gasteiger partial charge on any atom is 0.271 e. The quantitative estimate of drug-likeness (QED) is 0.745. The Morgan fingerprint density at radius 3 is 2.28 bits per heavy atom. The van der Waals surface area contributed by atoms with Crippen molar-refractivity contribution >= 4 is 11.7 Å². The molecule has 1 heterocycles. The molecule has 2 aliphatic rings. The summed E-state index contributed by atoms with van der Waals surface area (Å²) in [6.45, 7) is 4.76. The van der Waals surface area contributed by atoms with E-state index >= 15 is 0 Å². The summed E-state index contributed by atoms with van der Waals surface area (Å²) < 4.78 is 0. The van der Waals surface area contributed by atoms with Gasteiger partial charge in [-0.25, -0.2) is 0 Å². The molecule has 1 saturated heterocycles. The average molecular weight is 255 g/mol. The molecule has 0 aromatic carbocycles. The molecule has 0 N–H and O–H groups in total. The van der Waals surface area contributed by atoms with Crippen molar-refractivity contribution in [2.45, 2.75) is 58.1 Å². The van der Waals surface area contributed by atoms with Crippen LogP contribution in [-0.2, 0) is 14.4 Å². The van der Waals surface area contributed by atoms with Crippen LogP contribution in [-0.4, -0.2) is 33.7 Å². The maximum atomic E-state index is 12.0. The largest absolute Gasteiger partial charge is 0.743 e. The molecular formula is C12H19N2O4-. The Bertz CT molecular complexity index is 361. The molecule has 18 heavy (non-hydrogen) atoms. The number of hydrazine groups is 1. The third-order valence-corrected chi connectivity index (χ3v) is 3.82. The molecule has 0 radical (unpaired) electrons. The van der Waals surface area contributed by atoms with Gasteiger partial charge in [0.05, 0.1) is 0 Å². The van der Waals surface area contributed by atoms with Crippen LogP contribution in [0.15, 0.2) is 0 Å². The number of ketones is 1. The van der Waals surface area contributed by atoms with Gasteiger partial charge in [0.1, 0.15) is 5.78 Å². The highest BCUT2D eigenvalue weighted by Crippen LogP contribution is 2.34. The highest BCUT2D eigenvalue weighted by Gasteiger charge is 2.46. The summed E-state index contributed by atoms with van der Waals surface area (Å²) in [6, 6.07) is -0.146. The number of amides is 1. The van der Waals surface area contributed by atoms with E-state index in [1.165, 1.54) is 0 Å². The Balaban J connectivity index is 2.02. The van der Waals surface area contributed by atoms with Crippen molar-refractivity contribution < 1.29 is 14.4 Å². The van der Waals surface area contributed by atoms with Crippen LogP contribution in [0.5, 0.6) is 0 Å². The third-order valence-electron chi connectivity index (χ3n) is 3.82. The van der Waals surface area contributed by atoms with Crippen molar-refractivity contribution in [2.75, 3.05) is 0 Å². The molecule has 0 unspecified atom stereocenters. The zero-order valence-corrected chi connectivity index (χ0v) is 11.0. The Hall–Kier alpha value is -0.980. The highest BCUT2D eigenvalue weighted by atomic mass is 16.9. The predicted molar refractivity (Wildman–Crippen MR) is 63.6 cm³/mol. The average Bonchev–Trinajstić information content (AvgIpc) is 2.48. The van der Waals surface area contributed by atoms with Crippen LogP contribution in [0.3, 0.4) is 0 Å². The second-order valence-electron chi connectivity index (χ2n) is 5.61. The van der Waals surface area contributed by atoms with E-state index in [1.807, 2.05) is 0 Å². The molecule has 1 saturated carbocycles. The standard InChI is InChI=1S/C12H19N2O4/c1-8(15)9-4-6-10(7-5-9)13-11(16)12(2,3)18-14(13)17/h9-10H,4-7H2,1-3H3/q-1. The van der Waals surface area contributed by atoms with Crippen LogP contribution in [0, 0.1) is 11.1 Å². The van der Waals surface area contributed by atoms with Gasteiger partial charge in [-0.15, -0.1) is 0 Å². The first-order valence-electron chi connectivity index (χ1n) is 6.33. The summed E-state index contributed by atoms with van der Waals surface area (Å²) in [5.41, 5.74) is -1.08. The number of carbonyl (C=O) groups is 2. The van der Waals surface area contributed by atoms with Crippen molar-refractivity contribution in [2.24, 2.45) is 5.92 Å². The molecule has 0 aromatic rings. The van der Waals surface area contributed by atoms with Gasteiger partial charge >= 0.3 is 0 Å². The Morgan fingerprint density at radius 1 is 1.33 bits per heavy atom. The van der Waals surface area contributed by atoms with Gasteiger partial charge in [0, 0.05) is 12.0 Å². The van der Waals surface area contributed by atoms with E-state index in [9.17, 15) is 14.8 Å². The van der Waals surface area contributed by atoms with Crippen LogP contribution in [0.1, 0.15) is 46.5 Å². The molecule has 1 amide bonds. The minimum atomic E-state index is -1.08. The van der Waals surface area contributed by atoms with Crippen molar-refractivity contribution in [3.63, 3.8) is 0 Å². The number of Topliss-reactive ketones (excluding diaryl/α,β-unsaturated/α-hetero) is 1. The monoisotopic (exact) mass is 255 g/mol. The summed E-state index contributed by atoms with van der Waals surface area (Å²) in [5, 5.41) is 13.1. The number of carbonyl (C=O) groups excluding carboxylic acids is 2. The van der Waals surface area contributed by atoms with Crippen LogP contribution >= 0.6 is 0 Å². The number of hydrogen-bond donors (Lipinski definition) is 0. The summed E-state index contributed by atoms with van der Waals surface area (Å²) in [6.07, 6.45) is 2.82. The van der Waals surface area contributed by atoms with E-state index in [0.717, 1.165) is 17.9 Å². The number of rotatable bonds is 2. The fourth-order valence-electron chi connectivity index (χ4n) is 2.65. The molecule has 102 valence electrons. The van der Waals surface area contributed by atoms with Crippen molar-refractivity contribution in [1.82, 2.24) is 10.3 Å². The first kappa shape index (κ1) is 13.5. The number of nitrogens with zero attached hydrogens (tertiary/aromatic N) is 2. The van der Waals surface area contributed by atoms with Gasteiger partial charge in [0.2, 0.25) is 0 Å². The molecule has 6 nitrogen and oxygen atoms in total. The van der Waals surface area contributed by atoms with Gasteiger partial charge in [-0.2, -0.15) is 5.34 Å². The fraction of sp³-hybridized carbons (Fsp3) is 0.833. The van der Waals surface area contributed by atoms with E-state index < -0.39 is 5.60 Å². The van der Waals surface area contributed by atoms with Crippen LogP contribution in [0.25, 0.3) is 0 Å². The Morgan fingerprint density at radius 2 is 1.89 bits per heavy atom. The molecule has 1 aliphatic carbocycles. The van der Waals surface area contributed by atoms with Crippen LogP contribution in [0.2, 0.25) is 0 Å². The molecule has 6 heteroatoms. The van der Waals surface area contributed by atoms with E-state index in [0.29, 0.717) is 18.2 Å². The summed E-state index contributed by atoms with van der Waals surface area (Å²) in [7, 11) is 0. The summed E-state index contributed by atoms with van der Waals surface area (Å²) >= 11 is 0. The Labute approximate surface area is 106 Å². The Kier molecular flexibility index (Phi) is 3.44. The zero-order valence-electron chi connectivity index (χ0n) is 11.0. The molecule has 0 spiro atoms. The SMILES string of the molecule is CC(=O)C1CCC(N2C(=O)C(C)(C)ON2[O-])CC1. The van der Waals surface area contributed by atoms with Crippen LogP contribution < -0.4 is 0 Å². The smallest absolute Gasteiger partial charge is 0.271 e. The second kappa shape index (κ2) is 4.60. The van der Waals surface area contributed by atoms with Crippen LogP contribution in [0.4, 0.5) is 0 Å². The van der Waals surface area contributed by atoms with Gasteiger partial charge in [-0.05, 0) is 46.5 Å². The molecule has 0 aromatic heterocycles. The lowest BCUT2D eigenvalue weighted by Gasteiger charge is -2.39. The molecule has 1 aliphatic heterocycles. The molecule has 2 fully saturated rings. The maximum absolute atomic E-state index is 12.0. The zero-order chi connectivity index (χ0) is 13.5. The minimum absolute atomic E-state index is 0.0768. The van der Waals surface area contributed by atoms with Crippen molar-refractivity contribution in [1.29, 1.82) is 0 Å². The van der Waals surface area contributed by atoms with Gasteiger partial charge < -0.3 is 5.21 Å². The lowest BCUT2D eigenvalue weighted by molar-refractivity contribution is -0.230. The molecular weight excluding hydrogens is 236 g/mol. The van der Waals surface area contributed by atoms with E-state index in [2.05, 4.69) is 0 Å². The summed E-state index contributed by atoms with van der Waals surface area (Å²) in [5.74, 6) is -0.0338. The van der Waals surface area contributed by atoms with E-state index in [4.69, 9.17) is 4.84 Å². The lowest BCUT2D eigenvalue weighted by atomic mass is 9.83. The first-order chi connectivity index (χ1) is 8.33. The van der Waals surface area contributed by atoms with Crippen molar-refractivity contribution in [3.8, 4) is 0 Å². The third kappa shape index (κ3) is 2.28. The van der Waals surface area contributed by atoms with E-state index in [1.54, 1.807) is 20.8 Å². The second-order valence-corrected chi connectivity index (χ2v) is 5.61. The van der Waals surface area contributed by atoms with Gasteiger partial charge in [0.15, 0.2) is 5.60 Å². The lowest BCUT2D eigenvalue weighted by Crippen LogP contribution is -2.47. The molecule has 0 atom stereocenters. The van der Waals surface area contributed by atoms with Gasteiger partial charge in [-0.3, -0.25) is 19.4 Å². The number of hydrogen-bond acceptors (Lipinski definition) is 5. The van der Waals surface area contributed by atoms with Gasteiger partial charge in [-0.1, -0.05) is 0 Å². The van der Waals surface area contributed by atoms with E-state index in [-0.39, 0.29) is 23.7 Å². The summed E-state index contributed by atoms with van der Waals surface area (Å²) in [4.78, 5) is 28.3. The normalized spacial score (nSPS) is 32.9. The predicted octanol–water partition coefficient (Wildman–Crippen LogP) is 1.40.